The molecule has 0 aliphatic carbocycles. The number of nitrogen functional groups attached to an aromatic ring is 1. The first kappa shape index (κ1) is 13.8. The lowest BCUT2D eigenvalue weighted by Gasteiger charge is -2.14. The third kappa shape index (κ3) is 3.67. The molecule has 0 saturated carbocycles. The molecule has 0 spiro atoms. The zero-order chi connectivity index (χ0) is 14.5. The van der Waals surface area contributed by atoms with E-state index in [9.17, 15) is 0 Å². The van der Waals surface area contributed by atoms with Crippen LogP contribution in [0.3, 0.4) is 0 Å². The van der Waals surface area contributed by atoms with E-state index >= 15 is 0 Å². The van der Waals surface area contributed by atoms with Crippen LogP contribution in [-0.4, -0.2) is 19.3 Å². The molecule has 0 unspecified atom stereocenters. The molecule has 1 aliphatic heterocycles. The highest BCUT2D eigenvalue weighted by molar-refractivity contribution is 5.55. The number of benzene rings is 2. The summed E-state index contributed by atoms with van der Waals surface area (Å²) in [5, 5.41) is 0. The molecule has 0 amide bonds. The monoisotopic (exact) mass is 285 g/mol. The van der Waals surface area contributed by atoms with E-state index in [4.69, 9.17) is 19.9 Å². The highest BCUT2D eigenvalue weighted by Gasteiger charge is 2.17. The molecule has 3 rings (SSSR count). The summed E-state index contributed by atoms with van der Waals surface area (Å²) in [4.78, 5) is 0. The van der Waals surface area contributed by atoms with Crippen LogP contribution in [0.5, 0.6) is 11.5 Å². The minimum atomic E-state index is 0.121. The van der Waals surface area contributed by atoms with Gasteiger partial charge in [-0.05, 0) is 17.7 Å². The third-order valence-corrected chi connectivity index (χ3v) is 3.41. The van der Waals surface area contributed by atoms with Gasteiger partial charge in [-0.25, -0.2) is 0 Å². The van der Waals surface area contributed by atoms with Crippen molar-refractivity contribution in [3.8, 4) is 11.5 Å². The molecule has 1 heterocycles. The average Bonchev–Trinajstić information content (AvgIpc) is 3.02. The van der Waals surface area contributed by atoms with E-state index in [0.717, 1.165) is 24.3 Å². The van der Waals surface area contributed by atoms with E-state index < -0.39 is 0 Å². The van der Waals surface area contributed by atoms with Gasteiger partial charge in [0.15, 0.2) is 0 Å². The summed E-state index contributed by atoms with van der Waals surface area (Å²) in [7, 11) is 0. The predicted octanol–water partition coefficient (Wildman–Crippen LogP) is 3.02. The van der Waals surface area contributed by atoms with Crippen LogP contribution in [0, 0.1) is 0 Å². The Balaban J connectivity index is 1.66. The van der Waals surface area contributed by atoms with E-state index in [2.05, 4.69) is 0 Å². The first-order chi connectivity index (χ1) is 10.3. The van der Waals surface area contributed by atoms with Gasteiger partial charge < -0.3 is 19.9 Å². The molecule has 1 saturated heterocycles. The number of nitrogens with two attached hydrogens (primary N) is 1. The molecule has 0 radical (unpaired) electrons. The molecule has 2 N–H and O–H groups in total. The normalized spacial score (nSPS) is 17.6. The maximum Gasteiger partial charge on any atom is 0.146 e. The van der Waals surface area contributed by atoms with Crippen LogP contribution >= 0.6 is 0 Å². The van der Waals surface area contributed by atoms with Gasteiger partial charge in [0.25, 0.3) is 0 Å². The molecule has 4 heteroatoms. The van der Waals surface area contributed by atoms with E-state index in [1.807, 2.05) is 48.5 Å². The molecular formula is C17H19NO3. The predicted molar refractivity (Wildman–Crippen MR) is 81.5 cm³/mol. The van der Waals surface area contributed by atoms with Gasteiger partial charge in [-0.15, -0.1) is 0 Å². The minimum absolute atomic E-state index is 0.121. The Morgan fingerprint density at radius 2 is 2.00 bits per heavy atom. The fourth-order valence-corrected chi connectivity index (χ4v) is 2.25. The molecule has 2 aromatic carbocycles. The maximum absolute atomic E-state index is 5.96. The molecule has 1 aliphatic rings. The van der Waals surface area contributed by atoms with Crippen LogP contribution in [-0.2, 0) is 11.3 Å². The number of rotatable bonds is 5. The second-order valence-corrected chi connectivity index (χ2v) is 5.08. The van der Waals surface area contributed by atoms with E-state index in [0.29, 0.717) is 24.7 Å². The third-order valence-electron chi connectivity index (χ3n) is 3.41. The van der Waals surface area contributed by atoms with Crippen molar-refractivity contribution >= 4 is 5.69 Å². The van der Waals surface area contributed by atoms with Crippen LogP contribution < -0.4 is 15.2 Å². The van der Waals surface area contributed by atoms with Crippen molar-refractivity contribution in [3.63, 3.8) is 0 Å². The molecule has 1 atom stereocenters. The van der Waals surface area contributed by atoms with E-state index in [1.54, 1.807) is 0 Å². The number of anilines is 1. The van der Waals surface area contributed by atoms with Gasteiger partial charge in [-0.2, -0.15) is 0 Å². The summed E-state index contributed by atoms with van der Waals surface area (Å²) in [6, 6.07) is 15.5. The van der Waals surface area contributed by atoms with E-state index in [-0.39, 0.29) is 6.10 Å². The maximum atomic E-state index is 5.96. The summed E-state index contributed by atoms with van der Waals surface area (Å²) in [5.41, 5.74) is 7.67. The van der Waals surface area contributed by atoms with Crippen LogP contribution in [0.2, 0.25) is 0 Å². The SMILES string of the molecule is Nc1ccc(O[C@@H]2CCOC2)cc1OCc1ccccc1. The summed E-state index contributed by atoms with van der Waals surface area (Å²) >= 11 is 0. The van der Waals surface area contributed by atoms with Gasteiger partial charge in [0, 0.05) is 12.5 Å². The second-order valence-electron chi connectivity index (χ2n) is 5.08. The number of hydrogen-bond donors (Lipinski definition) is 1. The van der Waals surface area contributed by atoms with Gasteiger partial charge in [0.1, 0.15) is 24.2 Å². The highest BCUT2D eigenvalue weighted by atomic mass is 16.5. The first-order valence-electron chi connectivity index (χ1n) is 7.12. The van der Waals surface area contributed by atoms with Crippen molar-refractivity contribution in [2.24, 2.45) is 0 Å². The molecule has 2 aromatic rings. The molecule has 21 heavy (non-hydrogen) atoms. The number of hydrogen-bond acceptors (Lipinski definition) is 4. The van der Waals surface area contributed by atoms with Crippen molar-refractivity contribution in [2.75, 3.05) is 18.9 Å². The Bertz CT molecular complexity index is 580. The first-order valence-corrected chi connectivity index (χ1v) is 7.12. The zero-order valence-corrected chi connectivity index (χ0v) is 11.8. The quantitative estimate of drug-likeness (QED) is 0.858. The Kier molecular flexibility index (Phi) is 4.26. The molecule has 0 aromatic heterocycles. The van der Waals surface area contributed by atoms with Gasteiger partial charge in [0.05, 0.1) is 18.9 Å². The topological polar surface area (TPSA) is 53.7 Å². The lowest BCUT2D eigenvalue weighted by atomic mass is 10.2. The van der Waals surface area contributed by atoms with Gasteiger partial charge >= 0.3 is 0 Å². The lowest BCUT2D eigenvalue weighted by Crippen LogP contribution is -2.15. The Morgan fingerprint density at radius 1 is 1.14 bits per heavy atom. The summed E-state index contributed by atoms with van der Waals surface area (Å²) in [6.07, 6.45) is 1.04. The van der Waals surface area contributed by atoms with Gasteiger partial charge in [-0.1, -0.05) is 30.3 Å². The molecule has 4 nitrogen and oxygen atoms in total. The van der Waals surface area contributed by atoms with Crippen molar-refractivity contribution < 1.29 is 14.2 Å². The Hall–Kier alpha value is -2.20. The number of ether oxygens (including phenoxy) is 3. The van der Waals surface area contributed by atoms with Crippen molar-refractivity contribution in [1.29, 1.82) is 0 Å². The van der Waals surface area contributed by atoms with Gasteiger partial charge in [-0.3, -0.25) is 0 Å². The summed E-state index contributed by atoms with van der Waals surface area (Å²) < 4.78 is 17.0. The van der Waals surface area contributed by atoms with Gasteiger partial charge in [0.2, 0.25) is 0 Å². The van der Waals surface area contributed by atoms with E-state index in [1.165, 1.54) is 0 Å². The average molecular weight is 285 g/mol. The fourth-order valence-electron chi connectivity index (χ4n) is 2.25. The van der Waals surface area contributed by atoms with Crippen molar-refractivity contribution in [2.45, 2.75) is 19.1 Å². The molecule has 110 valence electrons. The zero-order valence-electron chi connectivity index (χ0n) is 11.8. The Morgan fingerprint density at radius 3 is 2.76 bits per heavy atom. The lowest BCUT2D eigenvalue weighted by molar-refractivity contribution is 0.141. The highest BCUT2D eigenvalue weighted by Crippen LogP contribution is 2.29. The largest absolute Gasteiger partial charge is 0.488 e. The standard InChI is InChI=1S/C17H19NO3/c18-16-7-6-14(21-15-8-9-19-12-15)10-17(16)20-11-13-4-2-1-3-5-13/h1-7,10,15H,8-9,11-12,18H2/t15-/m1/s1. The van der Waals surface area contributed by atoms with Crippen LogP contribution in [0.25, 0.3) is 0 Å². The summed E-state index contributed by atoms with van der Waals surface area (Å²) in [5.74, 6) is 1.41. The second kappa shape index (κ2) is 6.50. The smallest absolute Gasteiger partial charge is 0.146 e. The van der Waals surface area contributed by atoms with Crippen molar-refractivity contribution in [1.82, 2.24) is 0 Å². The van der Waals surface area contributed by atoms with Crippen LogP contribution in [0.4, 0.5) is 5.69 Å². The molecule has 1 fully saturated rings. The Labute approximate surface area is 124 Å². The molecular weight excluding hydrogens is 266 g/mol. The van der Waals surface area contributed by atoms with Crippen LogP contribution in [0.1, 0.15) is 12.0 Å². The van der Waals surface area contributed by atoms with Crippen LogP contribution in [0.15, 0.2) is 48.5 Å². The fraction of sp³-hybridized carbons (Fsp3) is 0.294. The van der Waals surface area contributed by atoms with Crippen molar-refractivity contribution in [3.05, 3.63) is 54.1 Å². The summed E-state index contributed by atoms with van der Waals surface area (Å²) in [6.45, 7) is 1.89. The molecule has 0 bridgehead atoms. The minimum Gasteiger partial charge on any atom is -0.488 e.